The van der Waals surface area contributed by atoms with Crippen molar-refractivity contribution in [2.75, 3.05) is 45.3 Å². The lowest BCUT2D eigenvalue weighted by Crippen LogP contribution is -2.54. The van der Waals surface area contributed by atoms with Gasteiger partial charge in [-0.3, -0.25) is 0 Å². The van der Waals surface area contributed by atoms with Gasteiger partial charge < -0.3 is 33.4 Å². The topological polar surface area (TPSA) is 121 Å². The molecule has 49 heavy (non-hydrogen) atoms. The molecule has 0 aliphatic carbocycles. The molecule has 0 radical (unpaired) electrons. The third-order valence-electron chi connectivity index (χ3n) is 9.41. The average Bonchev–Trinajstić information content (AvgIpc) is 3.37. The van der Waals surface area contributed by atoms with Crippen molar-refractivity contribution in [1.29, 1.82) is 0 Å². The summed E-state index contributed by atoms with van der Waals surface area (Å²) in [6.45, 7) is 22.7. The maximum Gasteiger partial charge on any atom is 0.410 e. The van der Waals surface area contributed by atoms with Crippen molar-refractivity contribution in [2.45, 2.75) is 98.0 Å². The predicted molar refractivity (Wildman–Crippen MR) is 191 cm³/mol. The number of anilines is 1. The molecule has 0 bridgehead atoms. The number of nitrogens with zero attached hydrogens (tertiary/aromatic N) is 4. The number of rotatable bonds is 12. The summed E-state index contributed by atoms with van der Waals surface area (Å²) in [7, 11) is -0.874. The molecule has 1 fully saturated rings. The molecule has 1 atom stereocenters. The van der Waals surface area contributed by atoms with Crippen molar-refractivity contribution in [3.05, 3.63) is 41.5 Å². The Morgan fingerprint density at radius 1 is 1.12 bits per heavy atom. The van der Waals surface area contributed by atoms with Gasteiger partial charge in [-0.2, -0.15) is 0 Å². The summed E-state index contributed by atoms with van der Waals surface area (Å²) in [5.41, 5.74) is 1.30. The molecule has 0 spiro atoms. The van der Waals surface area contributed by atoms with Crippen LogP contribution in [0.15, 0.2) is 28.8 Å². The molecule has 1 unspecified atom stereocenters. The van der Waals surface area contributed by atoms with E-state index in [4.69, 9.17) is 28.1 Å². The Kier molecular flexibility index (Phi) is 12.1. The molecule has 1 saturated heterocycles. The number of aryl methyl sites for hydroxylation is 2. The molecular weight excluding hydrogens is 646 g/mol. The molecule has 1 amide bonds. The SMILES string of the molecule is COC(=O)N(CC(COc1cccc(-c2nc(NCC3CCOCC3)c(F)c(-c3c(C)noc3C)n2)c1)O[Si](C)(C)C(C)(C)C)C(C)(C)C. The Labute approximate surface area is 291 Å². The maximum atomic E-state index is 16.1. The van der Waals surface area contributed by atoms with Crippen molar-refractivity contribution in [2.24, 2.45) is 5.92 Å². The van der Waals surface area contributed by atoms with Crippen LogP contribution in [0.2, 0.25) is 18.1 Å². The second-order valence-electron chi connectivity index (χ2n) is 15.3. The Balaban J connectivity index is 1.65. The zero-order chi connectivity index (χ0) is 36.1. The van der Waals surface area contributed by atoms with Gasteiger partial charge in [-0.15, -0.1) is 0 Å². The van der Waals surface area contributed by atoms with Gasteiger partial charge in [0.2, 0.25) is 0 Å². The van der Waals surface area contributed by atoms with Crippen LogP contribution in [0.25, 0.3) is 22.6 Å². The minimum Gasteiger partial charge on any atom is -0.491 e. The highest BCUT2D eigenvalue weighted by Crippen LogP contribution is 2.38. The Bertz CT molecular complexity index is 1560. The summed E-state index contributed by atoms with van der Waals surface area (Å²) in [5.74, 6) is 1.27. The van der Waals surface area contributed by atoms with Crippen LogP contribution >= 0.6 is 0 Å². The number of carbonyl (C=O) groups is 1. The van der Waals surface area contributed by atoms with Crippen molar-refractivity contribution in [3.63, 3.8) is 0 Å². The van der Waals surface area contributed by atoms with Crippen LogP contribution in [0, 0.1) is 25.6 Å². The quantitative estimate of drug-likeness (QED) is 0.186. The number of nitrogens with one attached hydrogen (secondary N) is 1. The molecule has 1 aromatic carbocycles. The highest BCUT2D eigenvalue weighted by atomic mass is 28.4. The molecule has 1 N–H and O–H groups in total. The normalized spacial score (nSPS) is 15.2. The van der Waals surface area contributed by atoms with Gasteiger partial charge in [-0.25, -0.2) is 19.2 Å². The maximum absolute atomic E-state index is 16.1. The fourth-order valence-electron chi connectivity index (χ4n) is 5.44. The van der Waals surface area contributed by atoms with Crippen LogP contribution in [0.1, 0.15) is 65.8 Å². The molecule has 2 aromatic heterocycles. The third kappa shape index (κ3) is 9.58. The zero-order valence-electron chi connectivity index (χ0n) is 31.0. The van der Waals surface area contributed by atoms with Crippen LogP contribution in [-0.4, -0.2) is 86.1 Å². The Morgan fingerprint density at radius 2 is 1.82 bits per heavy atom. The molecule has 4 rings (SSSR count). The molecule has 1 aliphatic heterocycles. The minimum atomic E-state index is -2.26. The third-order valence-corrected chi connectivity index (χ3v) is 13.9. The number of ether oxygens (including phenoxy) is 3. The fourth-order valence-corrected chi connectivity index (χ4v) is 6.77. The van der Waals surface area contributed by atoms with Gasteiger partial charge in [0.25, 0.3) is 0 Å². The van der Waals surface area contributed by atoms with E-state index in [0.717, 1.165) is 12.8 Å². The first-order valence-corrected chi connectivity index (χ1v) is 19.9. The van der Waals surface area contributed by atoms with Crippen LogP contribution in [0.3, 0.4) is 0 Å². The summed E-state index contributed by atoms with van der Waals surface area (Å²) in [6, 6.07) is 7.39. The molecule has 270 valence electrons. The van der Waals surface area contributed by atoms with Gasteiger partial charge in [0, 0.05) is 30.9 Å². The van der Waals surface area contributed by atoms with Gasteiger partial charge in [-0.1, -0.05) is 38.1 Å². The summed E-state index contributed by atoms with van der Waals surface area (Å²) < 4.78 is 45.2. The molecule has 1 aliphatic rings. The molecule has 3 aromatic rings. The van der Waals surface area contributed by atoms with E-state index in [-0.39, 0.29) is 29.7 Å². The van der Waals surface area contributed by atoms with Gasteiger partial charge in [0.15, 0.2) is 25.8 Å². The summed E-state index contributed by atoms with van der Waals surface area (Å²) >= 11 is 0. The average molecular weight is 700 g/mol. The number of hydrogen-bond donors (Lipinski definition) is 1. The Morgan fingerprint density at radius 3 is 2.41 bits per heavy atom. The van der Waals surface area contributed by atoms with Crippen LogP contribution in [0.4, 0.5) is 15.0 Å². The van der Waals surface area contributed by atoms with E-state index < -0.39 is 31.9 Å². The second kappa shape index (κ2) is 15.6. The first-order valence-electron chi connectivity index (χ1n) is 17.0. The first kappa shape index (κ1) is 38.3. The van der Waals surface area contributed by atoms with Gasteiger partial charge in [0.1, 0.15) is 23.8 Å². The van der Waals surface area contributed by atoms with Crippen molar-refractivity contribution in [1.82, 2.24) is 20.0 Å². The lowest BCUT2D eigenvalue weighted by molar-refractivity contribution is 0.0338. The lowest BCUT2D eigenvalue weighted by atomic mass is 10.0. The molecule has 3 heterocycles. The second-order valence-corrected chi connectivity index (χ2v) is 20.0. The van der Waals surface area contributed by atoms with E-state index in [1.807, 2.05) is 45.0 Å². The number of carbonyl (C=O) groups excluding carboxylic acids is 1. The lowest BCUT2D eigenvalue weighted by Gasteiger charge is -2.42. The van der Waals surface area contributed by atoms with Crippen molar-refractivity contribution >= 4 is 20.2 Å². The predicted octanol–water partition coefficient (Wildman–Crippen LogP) is 8.03. The first-order chi connectivity index (χ1) is 22.9. The van der Waals surface area contributed by atoms with Crippen LogP contribution < -0.4 is 10.1 Å². The summed E-state index contributed by atoms with van der Waals surface area (Å²) in [5, 5.41) is 7.22. The van der Waals surface area contributed by atoms with Gasteiger partial charge in [-0.05, 0) is 83.6 Å². The fraction of sp³-hybridized carbons (Fsp3) is 0.611. The van der Waals surface area contributed by atoms with Crippen LogP contribution in [0.5, 0.6) is 5.75 Å². The van der Waals surface area contributed by atoms with E-state index in [0.29, 0.717) is 59.8 Å². The molecular formula is C36H54FN5O6Si. The largest absolute Gasteiger partial charge is 0.491 e. The number of benzene rings is 1. The molecule has 0 saturated carbocycles. The molecule has 11 nitrogen and oxygen atoms in total. The number of aromatic nitrogens is 3. The van der Waals surface area contributed by atoms with E-state index in [1.54, 1.807) is 18.7 Å². The minimum absolute atomic E-state index is 0.0572. The monoisotopic (exact) mass is 699 g/mol. The van der Waals surface area contributed by atoms with E-state index in [1.165, 1.54) is 7.11 Å². The highest BCUT2D eigenvalue weighted by molar-refractivity contribution is 6.74. The number of hydrogen-bond acceptors (Lipinski definition) is 10. The van der Waals surface area contributed by atoms with E-state index in [2.05, 4.69) is 49.3 Å². The highest BCUT2D eigenvalue weighted by Gasteiger charge is 2.41. The number of amides is 1. The van der Waals surface area contributed by atoms with E-state index >= 15 is 4.39 Å². The van der Waals surface area contributed by atoms with Gasteiger partial charge >= 0.3 is 6.09 Å². The van der Waals surface area contributed by atoms with E-state index in [9.17, 15) is 4.79 Å². The summed E-state index contributed by atoms with van der Waals surface area (Å²) in [4.78, 5) is 23.8. The van der Waals surface area contributed by atoms with Gasteiger partial charge in [0.05, 0.1) is 31.0 Å². The Hall–Kier alpha value is -3.55. The van der Waals surface area contributed by atoms with Crippen molar-refractivity contribution in [3.8, 4) is 28.4 Å². The number of methoxy groups -OCH3 is 1. The zero-order valence-corrected chi connectivity index (χ0v) is 32.0. The smallest absolute Gasteiger partial charge is 0.410 e. The molecule has 13 heteroatoms. The van der Waals surface area contributed by atoms with Crippen LogP contribution in [-0.2, 0) is 13.9 Å². The summed E-state index contributed by atoms with van der Waals surface area (Å²) in [6.07, 6.45) is 0.936. The number of halogens is 1. The standard InChI is InChI=1S/C36H54FN5O6Si/c1-23-29(24(2)47-41-23)31-30(37)33(38-20-25-15-17-45-18-16-25)40-32(39-31)26-13-12-14-27(19-26)46-22-28(48-49(10,11)36(6,7)8)21-42(34(43)44-9)35(3,4)5/h12-14,19,25,28H,15-18,20-22H2,1-11H3,(H,38,39,40). The van der Waals surface area contributed by atoms with Crippen molar-refractivity contribution < 1.29 is 32.3 Å².